The summed E-state index contributed by atoms with van der Waals surface area (Å²) in [7, 11) is 0. The predicted molar refractivity (Wildman–Crippen MR) is 142 cm³/mol. The van der Waals surface area contributed by atoms with Crippen molar-refractivity contribution < 1.29 is 4.79 Å². The molecule has 1 aliphatic heterocycles. The van der Waals surface area contributed by atoms with Crippen LogP contribution in [0.15, 0.2) is 84.9 Å². The lowest BCUT2D eigenvalue weighted by Crippen LogP contribution is -2.40. The number of rotatable bonds is 7. The van der Waals surface area contributed by atoms with E-state index in [0.717, 1.165) is 66.9 Å². The molecule has 4 heteroatoms. The first-order valence-corrected chi connectivity index (χ1v) is 12.8. The molecule has 1 aliphatic rings. The Morgan fingerprint density at radius 1 is 0.886 bits per heavy atom. The van der Waals surface area contributed by atoms with Gasteiger partial charge in [-0.25, -0.2) is 4.68 Å². The van der Waals surface area contributed by atoms with Crippen molar-refractivity contribution in [3.8, 4) is 16.9 Å². The highest BCUT2D eigenvalue weighted by Crippen LogP contribution is 2.37. The second kappa shape index (κ2) is 10.3. The minimum absolute atomic E-state index is 0.0932. The quantitative estimate of drug-likeness (QED) is 0.295. The summed E-state index contributed by atoms with van der Waals surface area (Å²) >= 11 is 0. The van der Waals surface area contributed by atoms with Gasteiger partial charge in [0.05, 0.1) is 23.0 Å². The highest BCUT2D eigenvalue weighted by Gasteiger charge is 2.35. The summed E-state index contributed by atoms with van der Waals surface area (Å²) in [5, 5.41) is 5.07. The third kappa shape index (κ3) is 4.41. The number of benzene rings is 3. The largest absolute Gasteiger partial charge is 0.331 e. The molecular weight excluding hydrogens is 430 g/mol. The normalized spacial score (nSPS) is 15.1. The molecule has 0 saturated carbocycles. The van der Waals surface area contributed by atoms with Crippen LogP contribution in [-0.2, 0) is 12.8 Å². The van der Waals surface area contributed by atoms with E-state index in [1.54, 1.807) is 0 Å². The Morgan fingerprint density at radius 3 is 2.29 bits per heavy atom. The third-order valence-electron chi connectivity index (χ3n) is 6.97. The van der Waals surface area contributed by atoms with Gasteiger partial charge in [-0.05, 0) is 42.5 Å². The lowest BCUT2D eigenvalue weighted by atomic mass is 9.89. The second-order valence-corrected chi connectivity index (χ2v) is 9.29. The van der Waals surface area contributed by atoms with Gasteiger partial charge in [-0.15, -0.1) is 0 Å². The van der Waals surface area contributed by atoms with Crippen LogP contribution in [0.2, 0.25) is 0 Å². The van der Waals surface area contributed by atoms with Gasteiger partial charge in [-0.2, -0.15) is 5.10 Å². The minimum Gasteiger partial charge on any atom is -0.331 e. The van der Waals surface area contributed by atoms with Crippen LogP contribution in [-0.4, -0.2) is 27.1 Å². The maximum Gasteiger partial charge on any atom is 0.258 e. The summed E-state index contributed by atoms with van der Waals surface area (Å²) in [6.45, 7) is 5.10. The Bertz CT molecular complexity index is 1290. The summed E-state index contributed by atoms with van der Waals surface area (Å²) in [4.78, 5) is 16.6. The monoisotopic (exact) mass is 463 g/mol. The summed E-state index contributed by atoms with van der Waals surface area (Å²) in [5.74, 6) is 0.0995. The molecule has 1 atom stereocenters. The number of carbonyl (C=O) groups excluding carboxylic acids is 1. The molecule has 1 unspecified atom stereocenters. The Hall–Kier alpha value is -3.66. The van der Waals surface area contributed by atoms with Gasteiger partial charge in [0.15, 0.2) is 0 Å². The van der Waals surface area contributed by atoms with Crippen molar-refractivity contribution in [1.82, 2.24) is 14.7 Å². The van der Waals surface area contributed by atoms with E-state index >= 15 is 0 Å². The smallest absolute Gasteiger partial charge is 0.258 e. The zero-order chi connectivity index (χ0) is 24.2. The number of carbonyl (C=O) groups is 1. The first kappa shape index (κ1) is 23.1. The van der Waals surface area contributed by atoms with Crippen LogP contribution in [0.25, 0.3) is 16.9 Å². The maximum absolute atomic E-state index is 14.5. The maximum atomic E-state index is 14.5. The molecule has 5 rings (SSSR count). The van der Waals surface area contributed by atoms with E-state index in [9.17, 15) is 4.79 Å². The van der Waals surface area contributed by atoms with Crippen molar-refractivity contribution in [3.63, 3.8) is 0 Å². The molecule has 0 saturated heterocycles. The first-order valence-electron chi connectivity index (χ1n) is 12.8. The van der Waals surface area contributed by atoms with Gasteiger partial charge in [0.25, 0.3) is 5.91 Å². The van der Waals surface area contributed by atoms with Crippen LogP contribution in [0.3, 0.4) is 0 Å². The molecule has 3 aromatic carbocycles. The molecule has 2 heterocycles. The standard InChI is InChI=1S/C31H33N3O/c1-3-13-27-26-20-12-11-15-23(26)21-22-33(27)31(35)29-28(14-4-2)34(25-18-9-6-10-19-25)32-30(29)24-16-7-5-8-17-24/h5-12,15-20,27H,3-4,13-14,21-22H2,1-2H3. The zero-order valence-corrected chi connectivity index (χ0v) is 20.7. The van der Waals surface area contributed by atoms with Gasteiger partial charge in [0.2, 0.25) is 0 Å². The van der Waals surface area contributed by atoms with Crippen LogP contribution in [0.5, 0.6) is 0 Å². The molecule has 0 bridgehead atoms. The topological polar surface area (TPSA) is 38.1 Å². The van der Waals surface area contributed by atoms with Gasteiger partial charge >= 0.3 is 0 Å². The minimum atomic E-state index is 0.0932. The average molecular weight is 464 g/mol. The fourth-order valence-corrected chi connectivity index (χ4v) is 5.35. The molecule has 178 valence electrons. The molecule has 0 radical (unpaired) electrons. The number of fused-ring (bicyclic) bond motifs is 1. The van der Waals surface area contributed by atoms with E-state index < -0.39 is 0 Å². The van der Waals surface area contributed by atoms with E-state index in [2.05, 4.69) is 67.3 Å². The van der Waals surface area contributed by atoms with Crippen molar-refractivity contribution in [3.05, 3.63) is 107 Å². The molecule has 0 aliphatic carbocycles. The molecule has 35 heavy (non-hydrogen) atoms. The van der Waals surface area contributed by atoms with Crippen molar-refractivity contribution in [2.24, 2.45) is 0 Å². The van der Waals surface area contributed by atoms with Crippen molar-refractivity contribution in [1.29, 1.82) is 0 Å². The van der Waals surface area contributed by atoms with E-state index in [1.807, 2.05) is 41.1 Å². The van der Waals surface area contributed by atoms with Gasteiger partial charge in [-0.3, -0.25) is 4.79 Å². The lowest BCUT2D eigenvalue weighted by Gasteiger charge is -2.37. The third-order valence-corrected chi connectivity index (χ3v) is 6.97. The molecule has 1 aromatic heterocycles. The zero-order valence-electron chi connectivity index (χ0n) is 20.7. The average Bonchev–Trinajstić information content (AvgIpc) is 3.29. The van der Waals surface area contributed by atoms with Gasteiger partial charge in [0, 0.05) is 12.1 Å². The van der Waals surface area contributed by atoms with Crippen LogP contribution >= 0.6 is 0 Å². The number of para-hydroxylation sites is 1. The fraction of sp³-hybridized carbons (Fsp3) is 0.290. The Kier molecular flexibility index (Phi) is 6.80. The van der Waals surface area contributed by atoms with E-state index in [-0.39, 0.29) is 11.9 Å². The van der Waals surface area contributed by atoms with Crippen LogP contribution < -0.4 is 0 Å². The van der Waals surface area contributed by atoms with Gasteiger partial charge < -0.3 is 4.90 Å². The number of nitrogens with zero attached hydrogens (tertiary/aromatic N) is 3. The SMILES string of the molecule is CCCc1c(C(=O)N2CCc3ccccc3C2CCC)c(-c2ccccc2)nn1-c1ccccc1. The Balaban J connectivity index is 1.68. The van der Waals surface area contributed by atoms with E-state index in [1.165, 1.54) is 11.1 Å². The molecule has 1 amide bonds. The Labute approximate surface area is 208 Å². The van der Waals surface area contributed by atoms with Crippen molar-refractivity contribution in [2.45, 2.75) is 52.0 Å². The predicted octanol–water partition coefficient (Wildman–Crippen LogP) is 7.03. The fourth-order valence-electron chi connectivity index (χ4n) is 5.35. The van der Waals surface area contributed by atoms with E-state index in [0.29, 0.717) is 0 Å². The Morgan fingerprint density at radius 2 is 1.57 bits per heavy atom. The molecule has 4 aromatic rings. The highest BCUT2D eigenvalue weighted by atomic mass is 16.2. The van der Waals surface area contributed by atoms with E-state index in [4.69, 9.17) is 5.10 Å². The van der Waals surface area contributed by atoms with Gasteiger partial charge in [0.1, 0.15) is 5.69 Å². The van der Waals surface area contributed by atoms with Crippen LogP contribution in [0.4, 0.5) is 0 Å². The van der Waals surface area contributed by atoms with Gasteiger partial charge in [-0.1, -0.05) is 99.5 Å². The molecule has 0 fully saturated rings. The molecule has 4 nitrogen and oxygen atoms in total. The highest BCUT2D eigenvalue weighted by molar-refractivity contribution is 6.01. The van der Waals surface area contributed by atoms with Crippen molar-refractivity contribution in [2.75, 3.05) is 6.54 Å². The second-order valence-electron chi connectivity index (χ2n) is 9.29. The number of hydrogen-bond acceptors (Lipinski definition) is 2. The van der Waals surface area contributed by atoms with Crippen LogP contribution in [0.1, 0.15) is 66.3 Å². The first-order chi connectivity index (χ1) is 17.2. The summed E-state index contributed by atoms with van der Waals surface area (Å²) in [5.41, 5.74) is 7.15. The lowest BCUT2D eigenvalue weighted by molar-refractivity contribution is 0.0649. The van der Waals surface area contributed by atoms with Crippen molar-refractivity contribution >= 4 is 5.91 Å². The number of aromatic nitrogens is 2. The molecule has 0 spiro atoms. The molecular formula is C31H33N3O. The van der Waals surface area contributed by atoms with Crippen LogP contribution in [0, 0.1) is 0 Å². The number of hydrogen-bond donors (Lipinski definition) is 0. The summed E-state index contributed by atoms with van der Waals surface area (Å²) in [6.07, 6.45) is 4.60. The summed E-state index contributed by atoms with van der Waals surface area (Å²) in [6, 6.07) is 29.0. The molecule has 0 N–H and O–H groups in total. The number of amides is 1. The summed E-state index contributed by atoms with van der Waals surface area (Å²) < 4.78 is 1.99.